The van der Waals surface area contributed by atoms with E-state index < -0.39 is 37.0 Å². The van der Waals surface area contributed by atoms with Crippen LogP contribution in [0.1, 0.15) is 5.56 Å². The predicted octanol–water partition coefficient (Wildman–Crippen LogP) is 3.11. The van der Waals surface area contributed by atoms with Crippen LogP contribution in [0.5, 0.6) is 11.5 Å². The summed E-state index contributed by atoms with van der Waals surface area (Å²) in [5.74, 6) is -1.90. The number of hydrogen-bond acceptors (Lipinski definition) is 6. The van der Waals surface area contributed by atoms with Gasteiger partial charge >= 0.3 is 12.0 Å². The molecule has 33 heavy (non-hydrogen) atoms. The molecule has 0 saturated carbocycles. The minimum Gasteiger partial charge on any atom is -0.495 e. The van der Waals surface area contributed by atoms with Crippen molar-refractivity contribution in [2.24, 2.45) is 0 Å². The molecule has 1 fully saturated rings. The first kappa shape index (κ1) is 24.1. The standard InChI is InChI=1S/C21H17BrClN3O7/c1-32-16-5-3-2-4-14(16)24-17(27)9-26-20(30)15(25-21(26)31)8-11-6-12(22)19(13(23)7-11)33-10-18(28)29/h2-8H,9-10H2,1H3,(H,24,27)(H,25,31)(H,28,29)/b15-8+. The maximum Gasteiger partial charge on any atom is 0.341 e. The van der Waals surface area contributed by atoms with Gasteiger partial charge in [0.25, 0.3) is 5.91 Å². The minimum atomic E-state index is -1.17. The quantitative estimate of drug-likeness (QED) is 0.347. The monoisotopic (exact) mass is 537 g/mol. The van der Waals surface area contributed by atoms with Gasteiger partial charge in [0, 0.05) is 0 Å². The number of para-hydroxylation sites is 2. The summed E-state index contributed by atoms with van der Waals surface area (Å²) in [6.07, 6.45) is 1.37. The van der Waals surface area contributed by atoms with Gasteiger partial charge in [-0.3, -0.25) is 9.59 Å². The number of benzene rings is 2. The van der Waals surface area contributed by atoms with Crippen LogP contribution >= 0.6 is 27.5 Å². The number of nitrogens with one attached hydrogen (secondary N) is 2. The number of nitrogens with zero attached hydrogens (tertiary/aromatic N) is 1. The van der Waals surface area contributed by atoms with Gasteiger partial charge in [-0.2, -0.15) is 0 Å². The summed E-state index contributed by atoms with van der Waals surface area (Å²) in [5.41, 5.74) is 0.767. The van der Waals surface area contributed by atoms with E-state index in [1.165, 1.54) is 25.3 Å². The molecule has 0 unspecified atom stereocenters. The Kier molecular flexibility index (Phi) is 7.56. The summed E-state index contributed by atoms with van der Waals surface area (Å²) < 4.78 is 10.6. The Labute approximate surface area is 201 Å². The van der Waals surface area contributed by atoms with E-state index in [1.54, 1.807) is 24.3 Å². The van der Waals surface area contributed by atoms with Crippen molar-refractivity contribution >= 4 is 63.1 Å². The molecule has 0 atom stereocenters. The van der Waals surface area contributed by atoms with E-state index in [-0.39, 0.29) is 16.5 Å². The molecular formula is C21H17BrClN3O7. The number of carbonyl (C=O) groups is 4. The number of rotatable bonds is 8. The Morgan fingerprint density at radius 2 is 2.00 bits per heavy atom. The Bertz CT molecular complexity index is 1150. The molecule has 0 aromatic heterocycles. The molecule has 0 spiro atoms. The third-order valence-electron chi connectivity index (χ3n) is 4.32. The second-order valence-corrected chi connectivity index (χ2v) is 7.89. The first-order valence-electron chi connectivity index (χ1n) is 9.30. The Morgan fingerprint density at radius 3 is 2.67 bits per heavy atom. The molecule has 172 valence electrons. The topological polar surface area (TPSA) is 134 Å². The maximum absolute atomic E-state index is 12.7. The third kappa shape index (κ3) is 5.82. The molecule has 1 saturated heterocycles. The van der Waals surface area contributed by atoms with Crippen molar-refractivity contribution in [1.29, 1.82) is 0 Å². The molecule has 4 amide bonds. The number of anilines is 1. The fourth-order valence-electron chi connectivity index (χ4n) is 2.90. The molecule has 2 aromatic carbocycles. The van der Waals surface area contributed by atoms with Crippen molar-refractivity contribution < 1.29 is 33.8 Å². The Hall–Kier alpha value is -3.57. The number of carbonyl (C=O) groups excluding carboxylic acids is 3. The number of hydrogen-bond donors (Lipinski definition) is 3. The lowest BCUT2D eigenvalue weighted by atomic mass is 10.2. The smallest absolute Gasteiger partial charge is 0.341 e. The summed E-state index contributed by atoms with van der Waals surface area (Å²) in [7, 11) is 1.45. The van der Waals surface area contributed by atoms with Crippen molar-refractivity contribution in [3.8, 4) is 11.5 Å². The number of halogens is 2. The molecule has 3 N–H and O–H groups in total. The zero-order valence-corrected chi connectivity index (χ0v) is 19.4. The zero-order chi connectivity index (χ0) is 24.1. The van der Waals surface area contributed by atoms with Gasteiger partial charge in [-0.15, -0.1) is 0 Å². The van der Waals surface area contributed by atoms with Crippen molar-refractivity contribution in [2.75, 3.05) is 25.6 Å². The van der Waals surface area contributed by atoms with Gasteiger partial charge in [-0.1, -0.05) is 23.7 Å². The molecule has 0 bridgehead atoms. The highest BCUT2D eigenvalue weighted by atomic mass is 79.9. The van der Waals surface area contributed by atoms with Gasteiger partial charge in [0.2, 0.25) is 5.91 Å². The van der Waals surface area contributed by atoms with E-state index in [9.17, 15) is 19.2 Å². The van der Waals surface area contributed by atoms with Crippen LogP contribution in [0.25, 0.3) is 6.08 Å². The number of ether oxygens (including phenoxy) is 2. The number of imide groups is 1. The number of carboxylic acid groups (broad SMARTS) is 1. The molecule has 12 heteroatoms. The first-order valence-corrected chi connectivity index (χ1v) is 10.5. The second kappa shape index (κ2) is 10.4. The summed E-state index contributed by atoms with van der Waals surface area (Å²) in [4.78, 5) is 48.8. The largest absolute Gasteiger partial charge is 0.495 e. The first-order chi connectivity index (χ1) is 15.7. The van der Waals surface area contributed by atoms with Crippen molar-refractivity contribution in [1.82, 2.24) is 10.2 Å². The number of amides is 4. The minimum absolute atomic E-state index is 0.0627. The molecule has 1 aliphatic rings. The lowest BCUT2D eigenvalue weighted by Gasteiger charge is -2.13. The molecule has 2 aromatic rings. The highest BCUT2D eigenvalue weighted by Crippen LogP contribution is 2.35. The van der Waals surface area contributed by atoms with Crippen molar-refractivity contribution in [3.63, 3.8) is 0 Å². The molecule has 10 nitrogen and oxygen atoms in total. The van der Waals surface area contributed by atoms with E-state index in [0.29, 0.717) is 21.5 Å². The molecule has 0 aliphatic carbocycles. The van der Waals surface area contributed by atoms with Crippen LogP contribution in [-0.4, -0.2) is 54.1 Å². The van der Waals surface area contributed by atoms with Crippen molar-refractivity contribution in [3.05, 3.63) is 57.2 Å². The lowest BCUT2D eigenvalue weighted by molar-refractivity contribution is -0.139. The second-order valence-electron chi connectivity index (χ2n) is 6.62. The molecule has 0 radical (unpaired) electrons. The number of methoxy groups -OCH3 is 1. The van der Waals surface area contributed by atoms with Crippen LogP contribution in [0, 0.1) is 0 Å². The molecule has 1 heterocycles. The van der Waals surface area contributed by atoms with Gasteiger partial charge < -0.3 is 25.2 Å². The van der Waals surface area contributed by atoms with Crippen LogP contribution in [0.2, 0.25) is 5.02 Å². The average molecular weight is 539 g/mol. The van der Waals surface area contributed by atoms with E-state index in [4.69, 9.17) is 26.2 Å². The summed E-state index contributed by atoms with van der Waals surface area (Å²) in [5, 5.41) is 13.9. The van der Waals surface area contributed by atoms with E-state index in [2.05, 4.69) is 26.6 Å². The van der Waals surface area contributed by atoms with Crippen LogP contribution in [0.15, 0.2) is 46.6 Å². The van der Waals surface area contributed by atoms with Gasteiger partial charge in [-0.25, -0.2) is 14.5 Å². The normalized spacial score (nSPS) is 14.3. The van der Waals surface area contributed by atoms with Crippen LogP contribution in [-0.2, 0) is 14.4 Å². The summed E-state index contributed by atoms with van der Waals surface area (Å²) in [6, 6.07) is 8.93. The molecular weight excluding hydrogens is 522 g/mol. The Morgan fingerprint density at radius 1 is 1.27 bits per heavy atom. The number of urea groups is 1. The van der Waals surface area contributed by atoms with Crippen LogP contribution in [0.4, 0.5) is 10.5 Å². The van der Waals surface area contributed by atoms with Gasteiger partial charge in [0.1, 0.15) is 18.0 Å². The van der Waals surface area contributed by atoms with Crippen LogP contribution in [0.3, 0.4) is 0 Å². The zero-order valence-electron chi connectivity index (χ0n) is 17.1. The van der Waals surface area contributed by atoms with Crippen LogP contribution < -0.4 is 20.1 Å². The van der Waals surface area contributed by atoms with E-state index in [0.717, 1.165) is 4.90 Å². The summed E-state index contributed by atoms with van der Waals surface area (Å²) >= 11 is 9.38. The lowest BCUT2D eigenvalue weighted by Crippen LogP contribution is -2.38. The highest BCUT2D eigenvalue weighted by molar-refractivity contribution is 9.10. The maximum atomic E-state index is 12.7. The average Bonchev–Trinajstić information content (AvgIpc) is 3.00. The number of aliphatic carboxylic acids is 1. The van der Waals surface area contributed by atoms with Crippen molar-refractivity contribution in [2.45, 2.75) is 0 Å². The fraction of sp³-hybridized carbons (Fsp3) is 0.143. The van der Waals surface area contributed by atoms with Gasteiger partial charge in [0.05, 0.1) is 22.3 Å². The van der Waals surface area contributed by atoms with Gasteiger partial charge in [0.15, 0.2) is 12.4 Å². The Balaban J connectivity index is 1.73. The molecule has 1 aliphatic heterocycles. The van der Waals surface area contributed by atoms with E-state index in [1.807, 2.05) is 0 Å². The third-order valence-corrected chi connectivity index (χ3v) is 5.19. The summed E-state index contributed by atoms with van der Waals surface area (Å²) in [6.45, 7) is -1.09. The molecule has 3 rings (SSSR count). The fourth-order valence-corrected chi connectivity index (χ4v) is 3.89. The highest BCUT2D eigenvalue weighted by Gasteiger charge is 2.35. The van der Waals surface area contributed by atoms with Gasteiger partial charge in [-0.05, 0) is 51.8 Å². The van der Waals surface area contributed by atoms with E-state index >= 15 is 0 Å². The number of carboxylic acids is 1. The SMILES string of the molecule is COc1ccccc1NC(=O)CN1C(=O)N/C(=C/c2cc(Cl)c(OCC(=O)O)c(Br)c2)C1=O. The predicted molar refractivity (Wildman–Crippen MR) is 122 cm³/mol.